The van der Waals surface area contributed by atoms with Gasteiger partial charge in [0.05, 0.1) is 18.1 Å². The fourth-order valence-corrected chi connectivity index (χ4v) is 3.21. The molecule has 1 aromatic rings. The Morgan fingerprint density at radius 1 is 1.19 bits per heavy atom. The predicted molar refractivity (Wildman–Crippen MR) is 80.7 cm³/mol. The second-order valence-corrected chi connectivity index (χ2v) is 5.68. The molecule has 0 bridgehead atoms. The summed E-state index contributed by atoms with van der Waals surface area (Å²) in [6.45, 7) is 5.75. The summed E-state index contributed by atoms with van der Waals surface area (Å²) in [5, 5.41) is 10.7. The largest absolute Gasteiger partial charge is 0.379 e. The van der Waals surface area contributed by atoms with Gasteiger partial charge in [-0.15, -0.1) is 0 Å². The Labute approximate surface area is 124 Å². The van der Waals surface area contributed by atoms with Gasteiger partial charge in [-0.3, -0.25) is 15.0 Å². The molecule has 3 rings (SSSR count). The van der Waals surface area contributed by atoms with Gasteiger partial charge in [-0.05, 0) is 25.0 Å². The van der Waals surface area contributed by atoms with Gasteiger partial charge in [0, 0.05) is 50.0 Å². The van der Waals surface area contributed by atoms with E-state index >= 15 is 0 Å². The van der Waals surface area contributed by atoms with Gasteiger partial charge >= 0.3 is 0 Å². The van der Waals surface area contributed by atoms with Crippen molar-refractivity contribution in [3.05, 3.63) is 34.4 Å². The molecule has 114 valence electrons. The van der Waals surface area contributed by atoms with Crippen LogP contribution in [-0.4, -0.2) is 55.3 Å². The van der Waals surface area contributed by atoms with Crippen molar-refractivity contribution in [2.45, 2.75) is 18.9 Å². The molecule has 2 saturated heterocycles. The number of rotatable bonds is 4. The molecule has 0 amide bonds. The first kappa shape index (κ1) is 14.3. The van der Waals surface area contributed by atoms with Gasteiger partial charge in [0.2, 0.25) is 0 Å². The average Bonchev–Trinajstić information content (AvgIpc) is 2.96. The number of non-ortho nitro benzene ring substituents is 1. The molecule has 1 aromatic carbocycles. The highest BCUT2D eigenvalue weighted by atomic mass is 16.6. The molecule has 21 heavy (non-hydrogen) atoms. The lowest BCUT2D eigenvalue weighted by Gasteiger charge is -2.34. The van der Waals surface area contributed by atoms with Gasteiger partial charge in [0.15, 0.2) is 0 Å². The first-order valence-corrected chi connectivity index (χ1v) is 7.55. The molecular weight excluding hydrogens is 270 g/mol. The van der Waals surface area contributed by atoms with Crippen LogP contribution in [0.2, 0.25) is 0 Å². The zero-order valence-corrected chi connectivity index (χ0v) is 12.1. The monoisotopic (exact) mass is 291 g/mol. The average molecular weight is 291 g/mol. The zero-order chi connectivity index (χ0) is 14.7. The molecule has 2 aliphatic heterocycles. The number of hydrogen-bond acceptors (Lipinski definition) is 5. The minimum absolute atomic E-state index is 0.155. The fraction of sp³-hybridized carbons (Fsp3) is 0.600. The molecule has 0 spiro atoms. The highest BCUT2D eigenvalue weighted by molar-refractivity contribution is 5.52. The minimum atomic E-state index is -0.348. The molecule has 0 radical (unpaired) electrons. The Kier molecular flexibility index (Phi) is 4.36. The molecule has 0 N–H and O–H groups in total. The smallest absolute Gasteiger partial charge is 0.269 e. The summed E-state index contributed by atoms with van der Waals surface area (Å²) in [5.74, 6) is 0. The first-order valence-electron chi connectivity index (χ1n) is 7.55. The van der Waals surface area contributed by atoms with Crippen molar-refractivity contribution in [3.8, 4) is 0 Å². The van der Waals surface area contributed by atoms with E-state index in [1.807, 2.05) is 12.1 Å². The summed E-state index contributed by atoms with van der Waals surface area (Å²) in [6.07, 6.45) is 2.38. The summed E-state index contributed by atoms with van der Waals surface area (Å²) < 4.78 is 5.39. The van der Waals surface area contributed by atoms with Crippen molar-refractivity contribution < 1.29 is 9.66 Å². The quantitative estimate of drug-likeness (QED) is 0.626. The summed E-state index contributed by atoms with van der Waals surface area (Å²) in [7, 11) is 0. The van der Waals surface area contributed by atoms with Crippen molar-refractivity contribution in [1.82, 2.24) is 4.90 Å². The van der Waals surface area contributed by atoms with E-state index in [-0.39, 0.29) is 10.6 Å². The second kappa shape index (κ2) is 6.41. The van der Waals surface area contributed by atoms with Gasteiger partial charge in [-0.2, -0.15) is 0 Å². The summed E-state index contributed by atoms with van der Waals surface area (Å²) >= 11 is 0. The SMILES string of the molecule is O=[N+]([O-])c1ccc(N2CCCC2CN2CCOCC2)cc1. The van der Waals surface area contributed by atoms with E-state index in [1.54, 1.807) is 12.1 Å². The maximum Gasteiger partial charge on any atom is 0.269 e. The molecule has 6 heteroatoms. The van der Waals surface area contributed by atoms with Gasteiger partial charge < -0.3 is 9.64 Å². The van der Waals surface area contributed by atoms with Gasteiger partial charge in [-0.25, -0.2) is 0 Å². The van der Waals surface area contributed by atoms with Crippen molar-refractivity contribution in [1.29, 1.82) is 0 Å². The van der Waals surface area contributed by atoms with Crippen LogP contribution in [-0.2, 0) is 4.74 Å². The van der Waals surface area contributed by atoms with Crippen LogP contribution < -0.4 is 4.90 Å². The maximum absolute atomic E-state index is 10.7. The Hall–Kier alpha value is -1.66. The predicted octanol–water partition coefficient (Wildman–Crippen LogP) is 1.90. The van der Waals surface area contributed by atoms with Gasteiger partial charge in [0.25, 0.3) is 5.69 Å². The van der Waals surface area contributed by atoms with Crippen LogP contribution in [0.5, 0.6) is 0 Å². The highest BCUT2D eigenvalue weighted by Gasteiger charge is 2.27. The summed E-state index contributed by atoms with van der Waals surface area (Å²) in [5.41, 5.74) is 1.25. The third-order valence-electron chi connectivity index (χ3n) is 4.34. The Balaban J connectivity index is 1.66. The van der Waals surface area contributed by atoms with Gasteiger partial charge in [-0.1, -0.05) is 0 Å². The normalized spacial score (nSPS) is 23.4. The van der Waals surface area contributed by atoms with E-state index in [0.29, 0.717) is 6.04 Å². The van der Waals surface area contributed by atoms with Crippen LogP contribution in [0.4, 0.5) is 11.4 Å². The van der Waals surface area contributed by atoms with Crippen LogP contribution >= 0.6 is 0 Å². The molecule has 1 unspecified atom stereocenters. The molecule has 2 heterocycles. The standard InChI is InChI=1S/C15H21N3O3/c19-18(20)14-5-3-13(4-6-14)17-7-1-2-15(17)12-16-8-10-21-11-9-16/h3-6,15H,1-2,7-12H2. The number of nitrogens with zero attached hydrogens (tertiary/aromatic N) is 3. The van der Waals surface area contributed by atoms with E-state index < -0.39 is 0 Å². The lowest BCUT2D eigenvalue weighted by Crippen LogP contribution is -2.45. The lowest BCUT2D eigenvalue weighted by atomic mass is 10.2. The number of ether oxygens (including phenoxy) is 1. The molecular formula is C15H21N3O3. The molecule has 0 aromatic heterocycles. The van der Waals surface area contributed by atoms with E-state index in [0.717, 1.165) is 45.1 Å². The third kappa shape index (κ3) is 3.33. The van der Waals surface area contributed by atoms with E-state index in [1.165, 1.54) is 12.8 Å². The van der Waals surface area contributed by atoms with Crippen LogP contribution in [0.1, 0.15) is 12.8 Å². The minimum Gasteiger partial charge on any atom is -0.379 e. The Morgan fingerprint density at radius 2 is 1.90 bits per heavy atom. The summed E-state index contributed by atoms with van der Waals surface area (Å²) in [6, 6.07) is 7.44. The van der Waals surface area contributed by atoms with Crippen molar-refractivity contribution >= 4 is 11.4 Å². The molecule has 2 aliphatic rings. The maximum atomic E-state index is 10.7. The topological polar surface area (TPSA) is 58.9 Å². The molecule has 6 nitrogen and oxygen atoms in total. The fourth-order valence-electron chi connectivity index (χ4n) is 3.21. The molecule has 0 saturated carbocycles. The molecule has 2 fully saturated rings. The molecule has 0 aliphatic carbocycles. The van der Waals surface area contributed by atoms with Crippen molar-refractivity contribution in [2.75, 3.05) is 44.3 Å². The Bertz CT molecular complexity index is 485. The summed E-state index contributed by atoms with van der Waals surface area (Å²) in [4.78, 5) is 15.2. The van der Waals surface area contributed by atoms with Gasteiger partial charge in [0.1, 0.15) is 0 Å². The van der Waals surface area contributed by atoms with Crippen LogP contribution in [0.3, 0.4) is 0 Å². The van der Waals surface area contributed by atoms with Crippen molar-refractivity contribution in [2.24, 2.45) is 0 Å². The third-order valence-corrected chi connectivity index (χ3v) is 4.34. The molecule has 1 atom stereocenters. The van der Waals surface area contributed by atoms with E-state index in [9.17, 15) is 10.1 Å². The number of nitro benzene ring substituents is 1. The zero-order valence-electron chi connectivity index (χ0n) is 12.1. The van der Waals surface area contributed by atoms with Crippen molar-refractivity contribution in [3.63, 3.8) is 0 Å². The number of morpholine rings is 1. The lowest BCUT2D eigenvalue weighted by molar-refractivity contribution is -0.384. The number of anilines is 1. The number of nitro groups is 1. The second-order valence-electron chi connectivity index (χ2n) is 5.68. The van der Waals surface area contributed by atoms with E-state index in [4.69, 9.17) is 4.74 Å². The van der Waals surface area contributed by atoms with Crippen LogP contribution in [0, 0.1) is 10.1 Å². The number of hydrogen-bond donors (Lipinski definition) is 0. The van der Waals surface area contributed by atoms with Crippen LogP contribution in [0.15, 0.2) is 24.3 Å². The highest BCUT2D eigenvalue weighted by Crippen LogP contribution is 2.27. The number of benzene rings is 1. The van der Waals surface area contributed by atoms with Crippen LogP contribution in [0.25, 0.3) is 0 Å². The Morgan fingerprint density at radius 3 is 2.57 bits per heavy atom. The van der Waals surface area contributed by atoms with E-state index in [2.05, 4.69) is 9.80 Å². The first-order chi connectivity index (χ1) is 10.2.